The maximum absolute atomic E-state index is 3.79. The first-order valence-electron chi connectivity index (χ1n) is 6.80. The van der Waals surface area contributed by atoms with Crippen LogP contribution in [-0.2, 0) is 12.8 Å². The molecule has 17 heavy (non-hydrogen) atoms. The topological polar surface area (TPSA) is 12.0 Å². The molecule has 0 spiro atoms. The fraction of sp³-hybridized carbons (Fsp3) is 0.600. The quantitative estimate of drug-likeness (QED) is 0.881. The zero-order valence-corrected chi connectivity index (χ0v) is 11.1. The van der Waals surface area contributed by atoms with Gasteiger partial charge < -0.3 is 5.32 Å². The highest BCUT2D eigenvalue weighted by atomic mass is 32.2. The van der Waals surface area contributed by atoms with Gasteiger partial charge in [-0.15, -0.1) is 0 Å². The van der Waals surface area contributed by atoms with Crippen LogP contribution in [0.1, 0.15) is 24.0 Å². The molecule has 1 aliphatic carbocycles. The average Bonchev–Trinajstić information content (AvgIpc) is 2.80. The van der Waals surface area contributed by atoms with E-state index in [2.05, 4.69) is 41.3 Å². The Morgan fingerprint density at radius 3 is 2.35 bits per heavy atom. The lowest BCUT2D eigenvalue weighted by atomic mass is 10.0. The minimum Gasteiger partial charge on any atom is -0.313 e. The summed E-state index contributed by atoms with van der Waals surface area (Å²) in [5.41, 5.74) is 3.12. The van der Waals surface area contributed by atoms with Gasteiger partial charge in [-0.1, -0.05) is 24.3 Å². The lowest BCUT2D eigenvalue weighted by Gasteiger charge is -2.23. The molecule has 0 amide bonds. The first-order chi connectivity index (χ1) is 8.42. The smallest absolute Gasteiger partial charge is 0.0148 e. The van der Waals surface area contributed by atoms with Crippen LogP contribution < -0.4 is 5.32 Å². The van der Waals surface area contributed by atoms with Crippen LogP contribution >= 0.6 is 11.8 Å². The molecule has 0 unspecified atom stereocenters. The summed E-state index contributed by atoms with van der Waals surface area (Å²) in [5.74, 6) is 3.68. The molecule has 1 aliphatic heterocycles. The lowest BCUT2D eigenvalue weighted by molar-refractivity contribution is 0.410. The van der Waals surface area contributed by atoms with Gasteiger partial charge in [-0.3, -0.25) is 0 Å². The minimum absolute atomic E-state index is 0.696. The molecule has 2 heteroatoms. The highest BCUT2D eigenvalue weighted by Crippen LogP contribution is 2.24. The second-order valence-corrected chi connectivity index (χ2v) is 6.56. The van der Waals surface area contributed by atoms with Crippen molar-refractivity contribution in [3.8, 4) is 0 Å². The number of fused-ring (bicyclic) bond motifs is 1. The van der Waals surface area contributed by atoms with Crippen molar-refractivity contribution < 1.29 is 0 Å². The predicted molar refractivity (Wildman–Crippen MR) is 75.7 cm³/mol. The number of benzene rings is 1. The van der Waals surface area contributed by atoms with Crippen molar-refractivity contribution in [3.05, 3.63) is 35.4 Å². The molecule has 0 radical (unpaired) electrons. The largest absolute Gasteiger partial charge is 0.313 e. The Morgan fingerprint density at radius 1 is 1.06 bits per heavy atom. The number of thioether (sulfide) groups is 1. The average molecular weight is 247 g/mol. The molecule has 0 saturated carbocycles. The van der Waals surface area contributed by atoms with Crippen LogP contribution in [0.3, 0.4) is 0 Å². The Hall–Kier alpha value is -0.470. The van der Waals surface area contributed by atoms with Crippen LogP contribution in [0.4, 0.5) is 0 Å². The summed E-state index contributed by atoms with van der Waals surface area (Å²) in [6.07, 6.45) is 5.30. The van der Waals surface area contributed by atoms with E-state index in [0.29, 0.717) is 6.04 Å². The molecule has 92 valence electrons. The summed E-state index contributed by atoms with van der Waals surface area (Å²) >= 11 is 2.12. The second-order valence-electron chi connectivity index (χ2n) is 5.34. The van der Waals surface area contributed by atoms with Crippen molar-refractivity contribution in [2.45, 2.75) is 31.7 Å². The van der Waals surface area contributed by atoms with Crippen LogP contribution in [0.15, 0.2) is 24.3 Å². The van der Waals surface area contributed by atoms with Gasteiger partial charge in [0.25, 0.3) is 0 Å². The number of hydrogen-bond acceptors (Lipinski definition) is 2. The molecule has 0 aromatic heterocycles. The molecule has 0 atom stereocenters. The van der Waals surface area contributed by atoms with Crippen LogP contribution in [0.2, 0.25) is 0 Å². The summed E-state index contributed by atoms with van der Waals surface area (Å²) in [7, 11) is 0. The van der Waals surface area contributed by atoms with E-state index >= 15 is 0 Å². The van der Waals surface area contributed by atoms with E-state index in [9.17, 15) is 0 Å². The fourth-order valence-electron chi connectivity index (χ4n) is 2.99. The maximum Gasteiger partial charge on any atom is 0.0148 e. The van der Waals surface area contributed by atoms with Crippen molar-refractivity contribution in [3.63, 3.8) is 0 Å². The summed E-state index contributed by atoms with van der Waals surface area (Å²) in [6, 6.07) is 9.60. The number of hydrogen-bond donors (Lipinski definition) is 1. The molecular formula is C15H21NS. The van der Waals surface area contributed by atoms with Gasteiger partial charge in [-0.05, 0) is 60.8 Å². The summed E-state index contributed by atoms with van der Waals surface area (Å²) < 4.78 is 0. The summed E-state index contributed by atoms with van der Waals surface area (Å²) in [4.78, 5) is 0. The Morgan fingerprint density at radius 2 is 1.71 bits per heavy atom. The molecule has 1 nitrogen and oxygen atoms in total. The van der Waals surface area contributed by atoms with E-state index in [1.807, 2.05) is 0 Å². The Balaban J connectivity index is 1.48. The maximum atomic E-state index is 3.79. The number of rotatable bonds is 3. The lowest BCUT2D eigenvalue weighted by Crippen LogP contribution is -2.35. The van der Waals surface area contributed by atoms with Crippen LogP contribution in [0, 0.1) is 5.92 Å². The molecule has 3 rings (SSSR count). The van der Waals surface area contributed by atoms with E-state index in [0.717, 1.165) is 5.92 Å². The molecule has 1 aromatic rings. The molecule has 1 saturated heterocycles. The Bertz CT molecular complexity index is 346. The Labute approximate surface area is 108 Å². The fourth-order valence-corrected chi connectivity index (χ4v) is 4.19. The van der Waals surface area contributed by atoms with Gasteiger partial charge in [-0.25, -0.2) is 0 Å². The summed E-state index contributed by atoms with van der Waals surface area (Å²) in [6.45, 7) is 1.24. The molecule has 0 bridgehead atoms. The van der Waals surface area contributed by atoms with Gasteiger partial charge in [0, 0.05) is 6.04 Å². The van der Waals surface area contributed by atoms with Gasteiger partial charge in [0.15, 0.2) is 0 Å². The van der Waals surface area contributed by atoms with Gasteiger partial charge >= 0.3 is 0 Å². The van der Waals surface area contributed by atoms with E-state index in [4.69, 9.17) is 0 Å². The van der Waals surface area contributed by atoms with E-state index in [1.165, 1.54) is 43.7 Å². The third-order valence-corrected chi connectivity index (χ3v) is 5.14. The summed E-state index contributed by atoms with van der Waals surface area (Å²) in [5, 5.41) is 3.79. The van der Waals surface area contributed by atoms with Crippen molar-refractivity contribution in [2.24, 2.45) is 5.92 Å². The van der Waals surface area contributed by atoms with Crippen molar-refractivity contribution in [2.75, 3.05) is 18.1 Å². The van der Waals surface area contributed by atoms with Gasteiger partial charge in [0.05, 0.1) is 0 Å². The van der Waals surface area contributed by atoms with Crippen LogP contribution in [0.5, 0.6) is 0 Å². The predicted octanol–water partition coefficient (Wildman–Crippen LogP) is 2.89. The van der Waals surface area contributed by atoms with E-state index in [1.54, 1.807) is 11.1 Å². The zero-order chi connectivity index (χ0) is 11.5. The van der Waals surface area contributed by atoms with Crippen LogP contribution in [0.25, 0.3) is 0 Å². The molecule has 2 aliphatic rings. The van der Waals surface area contributed by atoms with Gasteiger partial charge in [-0.2, -0.15) is 11.8 Å². The highest BCUT2D eigenvalue weighted by Gasteiger charge is 2.22. The first-order valence-corrected chi connectivity index (χ1v) is 7.95. The van der Waals surface area contributed by atoms with Gasteiger partial charge in [0.1, 0.15) is 0 Å². The Kier molecular flexibility index (Phi) is 3.72. The molecule has 1 fully saturated rings. The third-order valence-electron chi connectivity index (χ3n) is 4.09. The highest BCUT2D eigenvalue weighted by molar-refractivity contribution is 7.99. The van der Waals surface area contributed by atoms with Crippen molar-refractivity contribution in [1.29, 1.82) is 0 Å². The minimum atomic E-state index is 0.696. The number of nitrogens with one attached hydrogen (secondary N) is 1. The second kappa shape index (κ2) is 5.45. The third kappa shape index (κ3) is 2.86. The first kappa shape index (κ1) is 11.6. The normalized spacial score (nSPS) is 21.6. The molecule has 1 N–H and O–H groups in total. The molecular weight excluding hydrogens is 226 g/mol. The van der Waals surface area contributed by atoms with Crippen molar-refractivity contribution in [1.82, 2.24) is 5.32 Å². The molecule has 1 heterocycles. The zero-order valence-electron chi connectivity index (χ0n) is 10.3. The van der Waals surface area contributed by atoms with E-state index < -0.39 is 0 Å². The standard InChI is InChI=1S/C15H21NS/c1-2-4-14-10-15(9-13(14)3-1)16-11-12-5-7-17-8-6-12/h1-4,12,15-16H,5-11H2. The van der Waals surface area contributed by atoms with E-state index in [-0.39, 0.29) is 0 Å². The van der Waals surface area contributed by atoms with Crippen LogP contribution in [-0.4, -0.2) is 24.1 Å². The molecule has 1 aromatic carbocycles. The van der Waals surface area contributed by atoms with Gasteiger partial charge in [0.2, 0.25) is 0 Å². The SMILES string of the molecule is c1ccc2c(c1)CC(NCC1CCSCC1)C2. The van der Waals surface area contributed by atoms with Crippen molar-refractivity contribution >= 4 is 11.8 Å². The monoisotopic (exact) mass is 247 g/mol.